The van der Waals surface area contributed by atoms with E-state index in [1.165, 1.54) is 5.56 Å². The quantitative estimate of drug-likeness (QED) is 0.394. The van der Waals surface area contributed by atoms with Gasteiger partial charge in [0.15, 0.2) is 5.82 Å². The van der Waals surface area contributed by atoms with E-state index >= 15 is 0 Å². The second kappa shape index (κ2) is 6.87. The summed E-state index contributed by atoms with van der Waals surface area (Å²) in [6.07, 6.45) is 0. The molecule has 1 aromatic heterocycles. The normalized spacial score (nSPS) is 11.0. The molecule has 0 aliphatic heterocycles. The Labute approximate surface area is 155 Å². The summed E-state index contributed by atoms with van der Waals surface area (Å²) in [5.41, 5.74) is 3.15. The van der Waals surface area contributed by atoms with Crippen LogP contribution >= 0.6 is 23.4 Å². The SMILES string of the molecule is Cc1ccc(Sc2nc(-c3ccc(Cl)cc3)nc3ccccc23)cc1. The molecule has 0 aliphatic rings. The molecule has 0 radical (unpaired) electrons. The molecule has 0 aliphatic carbocycles. The number of hydrogen-bond donors (Lipinski definition) is 0. The molecule has 0 fully saturated rings. The van der Waals surface area contributed by atoms with Crippen molar-refractivity contribution in [3.8, 4) is 11.4 Å². The van der Waals surface area contributed by atoms with E-state index in [1.807, 2.05) is 42.5 Å². The van der Waals surface area contributed by atoms with Gasteiger partial charge in [-0.3, -0.25) is 0 Å². The maximum absolute atomic E-state index is 6.00. The van der Waals surface area contributed by atoms with Gasteiger partial charge in [-0.25, -0.2) is 9.97 Å². The predicted molar refractivity (Wildman–Crippen MR) is 105 cm³/mol. The van der Waals surface area contributed by atoms with Crippen molar-refractivity contribution in [2.75, 3.05) is 0 Å². The van der Waals surface area contributed by atoms with Crippen molar-refractivity contribution in [3.05, 3.63) is 83.4 Å². The molecular weight excluding hydrogens is 348 g/mol. The van der Waals surface area contributed by atoms with Crippen LogP contribution in [0.1, 0.15) is 5.56 Å². The van der Waals surface area contributed by atoms with Crippen LogP contribution in [0.2, 0.25) is 5.02 Å². The van der Waals surface area contributed by atoms with E-state index < -0.39 is 0 Å². The monoisotopic (exact) mass is 362 g/mol. The van der Waals surface area contributed by atoms with Gasteiger partial charge in [-0.1, -0.05) is 59.3 Å². The largest absolute Gasteiger partial charge is 0.228 e. The van der Waals surface area contributed by atoms with Crippen LogP contribution in [-0.2, 0) is 0 Å². The van der Waals surface area contributed by atoms with Crippen LogP contribution < -0.4 is 0 Å². The van der Waals surface area contributed by atoms with Gasteiger partial charge < -0.3 is 0 Å². The van der Waals surface area contributed by atoms with E-state index in [0.717, 1.165) is 26.4 Å². The molecule has 122 valence electrons. The number of aryl methyl sites for hydroxylation is 1. The van der Waals surface area contributed by atoms with Crippen LogP contribution in [0.5, 0.6) is 0 Å². The van der Waals surface area contributed by atoms with Gasteiger partial charge in [0.25, 0.3) is 0 Å². The fourth-order valence-electron chi connectivity index (χ4n) is 2.57. The average Bonchev–Trinajstić information content (AvgIpc) is 2.64. The van der Waals surface area contributed by atoms with Crippen LogP contribution in [-0.4, -0.2) is 9.97 Å². The van der Waals surface area contributed by atoms with E-state index in [9.17, 15) is 0 Å². The highest BCUT2D eigenvalue weighted by Gasteiger charge is 2.10. The number of aromatic nitrogens is 2. The summed E-state index contributed by atoms with van der Waals surface area (Å²) >= 11 is 7.66. The van der Waals surface area contributed by atoms with Gasteiger partial charge in [-0.05, 0) is 49.4 Å². The highest BCUT2D eigenvalue weighted by atomic mass is 35.5. The summed E-state index contributed by atoms with van der Waals surface area (Å²) < 4.78 is 0. The number of rotatable bonds is 3. The Bertz CT molecular complexity index is 1030. The Kier molecular flexibility index (Phi) is 4.43. The predicted octanol–water partition coefficient (Wildman–Crippen LogP) is 6.41. The molecule has 1 heterocycles. The maximum Gasteiger partial charge on any atom is 0.161 e. The number of nitrogens with zero attached hydrogens (tertiary/aromatic N) is 2. The molecule has 0 saturated carbocycles. The van der Waals surface area contributed by atoms with Gasteiger partial charge in [0.1, 0.15) is 5.03 Å². The lowest BCUT2D eigenvalue weighted by Gasteiger charge is -2.09. The zero-order chi connectivity index (χ0) is 17.2. The summed E-state index contributed by atoms with van der Waals surface area (Å²) in [5, 5.41) is 2.73. The molecule has 3 aromatic carbocycles. The average molecular weight is 363 g/mol. The fourth-order valence-corrected chi connectivity index (χ4v) is 3.61. The van der Waals surface area contributed by atoms with Crippen molar-refractivity contribution in [1.29, 1.82) is 0 Å². The third kappa shape index (κ3) is 3.53. The second-order valence-corrected chi connectivity index (χ2v) is 7.29. The molecule has 4 aromatic rings. The maximum atomic E-state index is 6.00. The molecule has 25 heavy (non-hydrogen) atoms. The Balaban J connectivity index is 1.83. The first kappa shape index (κ1) is 16.1. The summed E-state index contributed by atoms with van der Waals surface area (Å²) in [6.45, 7) is 2.09. The number of para-hydroxylation sites is 1. The molecular formula is C21H15ClN2S. The lowest BCUT2D eigenvalue weighted by Crippen LogP contribution is -1.93. The molecule has 0 spiro atoms. The van der Waals surface area contributed by atoms with E-state index in [-0.39, 0.29) is 0 Å². The second-order valence-electron chi connectivity index (χ2n) is 5.79. The number of halogens is 1. The molecule has 4 rings (SSSR count). The van der Waals surface area contributed by atoms with E-state index in [2.05, 4.69) is 37.3 Å². The highest BCUT2D eigenvalue weighted by molar-refractivity contribution is 7.99. The fraction of sp³-hybridized carbons (Fsp3) is 0.0476. The molecule has 0 unspecified atom stereocenters. The van der Waals surface area contributed by atoms with Crippen molar-refractivity contribution >= 4 is 34.3 Å². The number of hydrogen-bond acceptors (Lipinski definition) is 3. The zero-order valence-electron chi connectivity index (χ0n) is 13.6. The van der Waals surface area contributed by atoms with Crippen LogP contribution in [0, 0.1) is 6.92 Å². The first-order chi connectivity index (χ1) is 12.2. The van der Waals surface area contributed by atoms with Gasteiger partial charge in [0.05, 0.1) is 5.52 Å². The van der Waals surface area contributed by atoms with E-state index in [4.69, 9.17) is 21.6 Å². The first-order valence-electron chi connectivity index (χ1n) is 7.96. The molecule has 2 nitrogen and oxygen atoms in total. The topological polar surface area (TPSA) is 25.8 Å². The minimum Gasteiger partial charge on any atom is -0.228 e. The van der Waals surface area contributed by atoms with Gasteiger partial charge in [0, 0.05) is 20.9 Å². The molecule has 0 atom stereocenters. The molecule has 0 N–H and O–H groups in total. The standard InChI is InChI=1S/C21H15ClN2S/c1-14-6-12-17(13-7-14)25-21-18-4-2-3-5-19(18)23-20(24-21)15-8-10-16(22)11-9-15/h2-13H,1H3. The number of benzene rings is 3. The van der Waals surface area contributed by atoms with Crippen LogP contribution in [0.15, 0.2) is 82.7 Å². The van der Waals surface area contributed by atoms with Crippen molar-refractivity contribution in [1.82, 2.24) is 9.97 Å². The van der Waals surface area contributed by atoms with Gasteiger partial charge in [-0.2, -0.15) is 0 Å². The van der Waals surface area contributed by atoms with Crippen molar-refractivity contribution in [3.63, 3.8) is 0 Å². The van der Waals surface area contributed by atoms with Crippen LogP contribution in [0.25, 0.3) is 22.3 Å². The summed E-state index contributed by atoms with van der Waals surface area (Å²) in [6, 6.07) is 24.2. The molecule has 0 saturated heterocycles. The minimum atomic E-state index is 0.707. The molecule has 4 heteroatoms. The van der Waals surface area contributed by atoms with E-state index in [0.29, 0.717) is 10.8 Å². The smallest absolute Gasteiger partial charge is 0.161 e. The van der Waals surface area contributed by atoms with Gasteiger partial charge >= 0.3 is 0 Å². The van der Waals surface area contributed by atoms with Crippen LogP contribution in [0.4, 0.5) is 0 Å². The van der Waals surface area contributed by atoms with Crippen molar-refractivity contribution in [2.45, 2.75) is 16.8 Å². The van der Waals surface area contributed by atoms with Crippen molar-refractivity contribution < 1.29 is 0 Å². The molecule has 0 bridgehead atoms. The Morgan fingerprint density at radius 3 is 2.28 bits per heavy atom. The van der Waals surface area contributed by atoms with Gasteiger partial charge in [0.2, 0.25) is 0 Å². The number of fused-ring (bicyclic) bond motifs is 1. The summed E-state index contributed by atoms with van der Waals surface area (Å²) in [7, 11) is 0. The van der Waals surface area contributed by atoms with E-state index in [1.54, 1.807) is 11.8 Å². The highest BCUT2D eigenvalue weighted by Crippen LogP contribution is 2.33. The first-order valence-corrected chi connectivity index (χ1v) is 9.16. The zero-order valence-corrected chi connectivity index (χ0v) is 15.2. The summed E-state index contributed by atoms with van der Waals surface area (Å²) in [5.74, 6) is 0.713. The minimum absolute atomic E-state index is 0.707. The summed E-state index contributed by atoms with van der Waals surface area (Å²) in [4.78, 5) is 10.7. The third-order valence-electron chi connectivity index (χ3n) is 3.91. The van der Waals surface area contributed by atoms with Gasteiger partial charge in [-0.15, -0.1) is 0 Å². The Morgan fingerprint density at radius 2 is 1.52 bits per heavy atom. The van der Waals surface area contributed by atoms with Crippen LogP contribution in [0.3, 0.4) is 0 Å². The molecule has 0 amide bonds. The Morgan fingerprint density at radius 1 is 0.800 bits per heavy atom. The lowest BCUT2D eigenvalue weighted by molar-refractivity contribution is 1.11. The third-order valence-corrected chi connectivity index (χ3v) is 5.17. The Hall–Kier alpha value is -2.36. The van der Waals surface area contributed by atoms with Crippen molar-refractivity contribution in [2.24, 2.45) is 0 Å². The lowest BCUT2D eigenvalue weighted by atomic mass is 10.2.